The number of carbonyl (C=O) groups is 2. The van der Waals surface area contributed by atoms with E-state index in [2.05, 4.69) is 4.99 Å². The molecule has 54 valence electrons. The van der Waals surface area contributed by atoms with E-state index in [-0.39, 0.29) is 5.57 Å². The second-order valence-corrected chi connectivity index (χ2v) is 1.52. The van der Waals surface area contributed by atoms with Crippen LogP contribution < -0.4 is 0 Å². The molecule has 0 bridgehead atoms. The van der Waals surface area contributed by atoms with Gasteiger partial charge in [0.15, 0.2) is 6.29 Å². The van der Waals surface area contributed by atoms with Gasteiger partial charge in [0.25, 0.3) is 0 Å². The van der Waals surface area contributed by atoms with Crippen molar-refractivity contribution in [1.29, 1.82) is 0 Å². The van der Waals surface area contributed by atoms with Gasteiger partial charge in [0.1, 0.15) is 0 Å². The molecule has 0 fully saturated rings. The number of amides is 1. The predicted molar refractivity (Wildman–Crippen MR) is 35.9 cm³/mol. The molecule has 0 aliphatic heterocycles. The van der Waals surface area contributed by atoms with Gasteiger partial charge in [0.2, 0.25) is 5.91 Å². The Hall–Kier alpha value is -1.45. The van der Waals surface area contributed by atoms with Crippen LogP contribution >= 0.6 is 0 Å². The van der Waals surface area contributed by atoms with Crippen LogP contribution in [-0.2, 0) is 9.59 Å². The summed E-state index contributed by atoms with van der Waals surface area (Å²) >= 11 is 0. The monoisotopic (exact) mass is 141 g/mol. The van der Waals surface area contributed by atoms with Crippen molar-refractivity contribution in [3.8, 4) is 0 Å². The molecule has 0 aromatic carbocycles. The molecule has 0 aliphatic carbocycles. The van der Waals surface area contributed by atoms with Gasteiger partial charge in [-0.25, -0.2) is 4.99 Å². The minimum absolute atomic E-state index is 0.0322. The molecule has 4 heteroatoms. The maximum absolute atomic E-state index is 10.2. The zero-order chi connectivity index (χ0) is 7.98. The fourth-order valence-electron chi connectivity index (χ4n) is 0.260. The van der Waals surface area contributed by atoms with E-state index in [1.54, 1.807) is 0 Å². The molecule has 0 unspecified atom stereocenters. The summed E-state index contributed by atoms with van der Waals surface area (Å²) in [6.07, 6.45) is 1.97. The highest BCUT2D eigenvalue weighted by atomic mass is 16.2. The second kappa shape index (κ2) is 4.43. The molecule has 0 spiro atoms. The number of hydrogen-bond acceptors (Lipinski definition) is 3. The van der Waals surface area contributed by atoms with Gasteiger partial charge in [0, 0.05) is 13.1 Å². The van der Waals surface area contributed by atoms with E-state index in [4.69, 9.17) is 5.11 Å². The molecule has 0 aromatic heterocycles. The highest BCUT2D eigenvalue weighted by Gasteiger charge is 1.88. The molecule has 4 nitrogen and oxygen atoms in total. The first-order chi connectivity index (χ1) is 4.70. The first-order valence-electron chi connectivity index (χ1n) is 2.55. The van der Waals surface area contributed by atoms with Crippen molar-refractivity contribution >= 4 is 18.4 Å². The third-order valence-corrected chi connectivity index (χ3v) is 0.681. The Kier molecular flexibility index (Phi) is 3.79. The molecule has 0 rings (SSSR count). The first kappa shape index (κ1) is 8.55. The average molecular weight is 141 g/mol. The Morgan fingerprint density at radius 3 is 2.50 bits per heavy atom. The standard InChI is InChI=1S/C6H7NO3/c1-5(10)7-2-6(3-8)4-9/h2-4,8H,1H3/b6-3+,7-2?. The van der Waals surface area contributed by atoms with Crippen molar-refractivity contribution in [3.05, 3.63) is 11.8 Å². The lowest BCUT2D eigenvalue weighted by Crippen LogP contribution is -1.89. The van der Waals surface area contributed by atoms with Crippen molar-refractivity contribution < 1.29 is 14.7 Å². The highest BCUT2D eigenvalue weighted by molar-refractivity contribution is 6.04. The van der Waals surface area contributed by atoms with Gasteiger partial charge in [-0.15, -0.1) is 0 Å². The van der Waals surface area contributed by atoms with E-state index >= 15 is 0 Å². The Labute approximate surface area is 57.9 Å². The number of carbonyl (C=O) groups excluding carboxylic acids is 2. The van der Waals surface area contributed by atoms with Crippen LogP contribution in [0.4, 0.5) is 0 Å². The van der Waals surface area contributed by atoms with Crippen LogP contribution in [-0.4, -0.2) is 23.5 Å². The molecule has 10 heavy (non-hydrogen) atoms. The lowest BCUT2D eigenvalue weighted by molar-refractivity contribution is -0.115. The summed E-state index contributed by atoms with van der Waals surface area (Å²) in [6.45, 7) is 1.25. The van der Waals surface area contributed by atoms with Gasteiger partial charge >= 0.3 is 0 Å². The molecular formula is C6H7NO3. The fourth-order valence-corrected chi connectivity index (χ4v) is 0.260. The van der Waals surface area contributed by atoms with E-state index in [9.17, 15) is 9.59 Å². The highest BCUT2D eigenvalue weighted by Crippen LogP contribution is 1.81. The molecule has 1 amide bonds. The quantitative estimate of drug-likeness (QED) is 0.259. The lowest BCUT2D eigenvalue weighted by atomic mass is 10.4. The van der Waals surface area contributed by atoms with E-state index in [0.29, 0.717) is 12.5 Å². The van der Waals surface area contributed by atoms with Gasteiger partial charge in [0.05, 0.1) is 11.8 Å². The van der Waals surface area contributed by atoms with Crippen molar-refractivity contribution in [2.75, 3.05) is 0 Å². The zero-order valence-corrected chi connectivity index (χ0v) is 5.44. The second-order valence-electron chi connectivity index (χ2n) is 1.52. The summed E-state index contributed by atoms with van der Waals surface area (Å²) < 4.78 is 0. The predicted octanol–water partition coefficient (Wildman–Crippen LogP) is 0.244. The van der Waals surface area contributed by atoms with Gasteiger partial charge in [-0.1, -0.05) is 0 Å². The molecule has 0 heterocycles. The fraction of sp³-hybridized carbons (Fsp3) is 0.167. The molecule has 0 radical (unpaired) electrons. The number of hydrogen-bond donors (Lipinski definition) is 1. The SMILES string of the molecule is CC(=O)N=C/C(C=O)=C\O. The number of allylic oxidation sites excluding steroid dienone is 1. The lowest BCUT2D eigenvalue weighted by Gasteiger charge is -1.82. The first-order valence-corrected chi connectivity index (χ1v) is 2.55. The van der Waals surface area contributed by atoms with E-state index in [0.717, 1.165) is 6.21 Å². The number of aldehydes is 1. The number of rotatable bonds is 2. The van der Waals surface area contributed by atoms with Crippen LogP contribution in [0.2, 0.25) is 0 Å². The third-order valence-electron chi connectivity index (χ3n) is 0.681. The minimum Gasteiger partial charge on any atom is -0.515 e. The average Bonchev–Trinajstić information content (AvgIpc) is 1.90. The van der Waals surface area contributed by atoms with Crippen LogP contribution in [0.5, 0.6) is 0 Å². The van der Waals surface area contributed by atoms with Crippen LogP contribution in [0.3, 0.4) is 0 Å². The Morgan fingerprint density at radius 2 is 2.20 bits per heavy atom. The minimum atomic E-state index is -0.416. The topological polar surface area (TPSA) is 66.7 Å². The summed E-state index contributed by atoms with van der Waals surface area (Å²) in [5.74, 6) is -0.416. The van der Waals surface area contributed by atoms with Crippen LogP contribution in [0.15, 0.2) is 16.8 Å². The van der Waals surface area contributed by atoms with Crippen LogP contribution in [0.1, 0.15) is 6.92 Å². The number of aliphatic imine (C=N–C) groups is 1. The van der Waals surface area contributed by atoms with E-state index in [1.807, 2.05) is 0 Å². The van der Waals surface area contributed by atoms with E-state index < -0.39 is 5.91 Å². The summed E-state index contributed by atoms with van der Waals surface area (Å²) in [4.78, 5) is 23.3. The van der Waals surface area contributed by atoms with Crippen molar-refractivity contribution in [3.63, 3.8) is 0 Å². The molecule has 0 atom stereocenters. The molecule has 0 aromatic rings. The number of aliphatic hydroxyl groups is 1. The van der Waals surface area contributed by atoms with Crippen molar-refractivity contribution in [1.82, 2.24) is 0 Å². The van der Waals surface area contributed by atoms with Crippen LogP contribution in [0.25, 0.3) is 0 Å². The van der Waals surface area contributed by atoms with Crippen molar-refractivity contribution in [2.45, 2.75) is 6.92 Å². The molecule has 0 aliphatic rings. The van der Waals surface area contributed by atoms with E-state index in [1.165, 1.54) is 6.92 Å². The molecular weight excluding hydrogens is 134 g/mol. The zero-order valence-electron chi connectivity index (χ0n) is 5.44. The summed E-state index contributed by atoms with van der Waals surface area (Å²) in [7, 11) is 0. The van der Waals surface area contributed by atoms with Gasteiger partial charge in [-0.05, 0) is 0 Å². The molecule has 0 saturated carbocycles. The summed E-state index contributed by atoms with van der Waals surface area (Å²) in [6, 6.07) is 0. The van der Waals surface area contributed by atoms with Gasteiger partial charge in [-0.2, -0.15) is 0 Å². The normalized spacial score (nSPS) is 11.9. The molecule has 1 N–H and O–H groups in total. The third kappa shape index (κ3) is 3.54. The largest absolute Gasteiger partial charge is 0.515 e. The molecule has 0 saturated heterocycles. The summed E-state index contributed by atoms with van der Waals surface area (Å²) in [5, 5.41) is 8.24. The number of aliphatic hydroxyl groups excluding tert-OH is 1. The van der Waals surface area contributed by atoms with Gasteiger partial charge in [-0.3, -0.25) is 9.59 Å². The maximum Gasteiger partial charge on any atom is 0.242 e. The Balaban J connectivity index is 4.11. The van der Waals surface area contributed by atoms with Crippen LogP contribution in [0, 0.1) is 0 Å². The summed E-state index contributed by atoms with van der Waals surface area (Å²) in [5.41, 5.74) is -0.0322. The number of nitrogens with zero attached hydrogens (tertiary/aromatic N) is 1. The Bertz CT molecular complexity index is 193. The van der Waals surface area contributed by atoms with Crippen molar-refractivity contribution in [2.24, 2.45) is 4.99 Å². The van der Waals surface area contributed by atoms with Gasteiger partial charge < -0.3 is 5.11 Å². The smallest absolute Gasteiger partial charge is 0.242 e. The maximum atomic E-state index is 10.2. The Morgan fingerprint density at radius 1 is 1.60 bits per heavy atom.